The number of hydrogen-bond donors (Lipinski definition) is 1. The molecule has 0 atom stereocenters. The maximum absolute atomic E-state index is 12.9. The first-order valence-electron chi connectivity index (χ1n) is 7.55. The molecule has 2 aromatic rings. The summed E-state index contributed by atoms with van der Waals surface area (Å²) in [5, 5.41) is 12.6. The van der Waals surface area contributed by atoms with Gasteiger partial charge in [0.1, 0.15) is 11.9 Å². The molecule has 6 heteroatoms. The first kappa shape index (κ1) is 16.1. The summed E-state index contributed by atoms with van der Waals surface area (Å²) in [6.45, 7) is 3.34. The smallest absolute Gasteiger partial charge is 0.220 e. The number of nitrogens with zero attached hydrogens (tertiary/aromatic N) is 2. The molecule has 1 fully saturated rings. The van der Waals surface area contributed by atoms with Crippen LogP contribution in [0.3, 0.4) is 0 Å². The van der Waals surface area contributed by atoms with Crippen LogP contribution in [-0.4, -0.2) is 26.4 Å². The molecule has 1 aliphatic rings. The molecule has 122 valence electrons. The van der Waals surface area contributed by atoms with Gasteiger partial charge in [-0.2, -0.15) is 5.26 Å². The lowest BCUT2D eigenvalue weighted by Crippen LogP contribution is -2.17. The van der Waals surface area contributed by atoms with Crippen molar-refractivity contribution >= 4 is 15.5 Å². The van der Waals surface area contributed by atoms with Gasteiger partial charge in [-0.15, -0.1) is 0 Å². The highest BCUT2D eigenvalue weighted by molar-refractivity contribution is 7.95. The quantitative estimate of drug-likeness (QED) is 0.670. The van der Waals surface area contributed by atoms with Gasteiger partial charge in [-0.1, -0.05) is 35.9 Å². The van der Waals surface area contributed by atoms with E-state index in [1.54, 1.807) is 12.1 Å². The lowest BCUT2D eigenvalue weighted by atomic mass is 10.2. The third kappa shape index (κ3) is 3.26. The first-order chi connectivity index (χ1) is 11.5. The van der Waals surface area contributed by atoms with Crippen molar-refractivity contribution in [2.75, 3.05) is 18.4 Å². The highest BCUT2D eigenvalue weighted by atomic mass is 32.2. The van der Waals surface area contributed by atoms with Crippen molar-refractivity contribution in [2.45, 2.75) is 11.8 Å². The molecule has 0 bridgehead atoms. The van der Waals surface area contributed by atoms with Crippen molar-refractivity contribution in [3.05, 3.63) is 70.9 Å². The van der Waals surface area contributed by atoms with Crippen LogP contribution in [0.4, 0.5) is 5.69 Å². The topological polar surface area (TPSA) is 73.0 Å². The van der Waals surface area contributed by atoms with Crippen molar-refractivity contribution in [2.24, 2.45) is 0 Å². The fraction of sp³-hybridized carbons (Fsp3) is 0.167. The van der Waals surface area contributed by atoms with Crippen LogP contribution in [0.25, 0.3) is 0 Å². The van der Waals surface area contributed by atoms with E-state index < -0.39 is 9.84 Å². The molecule has 0 radical (unpaired) electrons. The number of anilines is 1. The lowest BCUT2D eigenvalue weighted by Gasteiger charge is -2.15. The van der Waals surface area contributed by atoms with Gasteiger partial charge in [0.15, 0.2) is 4.91 Å². The Labute approximate surface area is 141 Å². The molecule has 0 saturated carbocycles. The highest BCUT2D eigenvalue weighted by Crippen LogP contribution is 2.27. The van der Waals surface area contributed by atoms with Crippen LogP contribution in [0.5, 0.6) is 0 Å². The fourth-order valence-corrected chi connectivity index (χ4v) is 3.57. The Balaban J connectivity index is 2.07. The Morgan fingerprint density at radius 3 is 2.25 bits per heavy atom. The molecule has 0 aliphatic carbocycles. The zero-order chi connectivity index (χ0) is 17.2. The van der Waals surface area contributed by atoms with Gasteiger partial charge in [0.05, 0.1) is 4.90 Å². The summed E-state index contributed by atoms with van der Waals surface area (Å²) >= 11 is 0. The summed E-state index contributed by atoms with van der Waals surface area (Å²) in [6, 6.07) is 17.6. The van der Waals surface area contributed by atoms with E-state index in [9.17, 15) is 13.7 Å². The van der Waals surface area contributed by atoms with Gasteiger partial charge in [0, 0.05) is 18.8 Å². The maximum Gasteiger partial charge on any atom is 0.220 e. The number of sulfone groups is 1. The van der Waals surface area contributed by atoms with E-state index in [1.165, 1.54) is 12.1 Å². The van der Waals surface area contributed by atoms with Crippen LogP contribution >= 0.6 is 0 Å². The number of hydrogen-bond acceptors (Lipinski definition) is 5. The van der Waals surface area contributed by atoms with Crippen molar-refractivity contribution in [3.8, 4) is 6.07 Å². The average Bonchev–Trinajstić information content (AvgIpc) is 3.40. The summed E-state index contributed by atoms with van der Waals surface area (Å²) in [6.07, 6.45) is 0. The van der Waals surface area contributed by atoms with E-state index >= 15 is 0 Å². The predicted octanol–water partition coefficient (Wildman–Crippen LogP) is 2.89. The van der Waals surface area contributed by atoms with Gasteiger partial charge >= 0.3 is 0 Å². The van der Waals surface area contributed by atoms with E-state index in [-0.39, 0.29) is 9.80 Å². The minimum atomic E-state index is -3.88. The van der Waals surface area contributed by atoms with Gasteiger partial charge in [-0.05, 0) is 31.2 Å². The second-order valence-electron chi connectivity index (χ2n) is 5.58. The summed E-state index contributed by atoms with van der Waals surface area (Å²) in [4.78, 5) is 1.70. The summed E-state index contributed by atoms with van der Waals surface area (Å²) in [7, 11) is -3.88. The number of rotatable bonds is 5. The summed E-state index contributed by atoms with van der Waals surface area (Å²) in [5.41, 5.74) is 1.70. The van der Waals surface area contributed by atoms with Gasteiger partial charge < -0.3 is 10.2 Å². The zero-order valence-corrected chi connectivity index (χ0v) is 14.0. The summed E-state index contributed by atoms with van der Waals surface area (Å²) < 4.78 is 25.8. The standard InChI is InChI=1S/C18H17N3O2S/c1-14-7-9-16(10-8-14)24(22,23)17(13-19)18(21-11-12-21)20-15-5-3-2-4-6-15/h2-10,20H,11-12H2,1H3/b18-17+. The molecular weight excluding hydrogens is 322 g/mol. The highest BCUT2D eigenvalue weighted by Gasteiger charge is 2.32. The van der Waals surface area contributed by atoms with E-state index in [4.69, 9.17) is 0 Å². The largest absolute Gasteiger partial charge is 0.353 e. The SMILES string of the molecule is Cc1ccc(S(=O)(=O)/C(C#N)=C(\Nc2ccccc2)N2CC2)cc1. The van der Waals surface area contributed by atoms with Crippen molar-refractivity contribution in [1.29, 1.82) is 5.26 Å². The molecule has 0 spiro atoms. The van der Waals surface area contributed by atoms with E-state index in [1.807, 2.05) is 48.2 Å². The molecule has 0 amide bonds. The molecule has 0 aromatic heterocycles. The molecule has 0 unspecified atom stereocenters. The van der Waals surface area contributed by atoms with Crippen LogP contribution in [0.15, 0.2) is 70.2 Å². The minimum absolute atomic E-state index is 0.124. The normalized spacial score (nSPS) is 14.6. The predicted molar refractivity (Wildman–Crippen MR) is 92.6 cm³/mol. The van der Waals surface area contributed by atoms with Gasteiger partial charge in [0.25, 0.3) is 0 Å². The monoisotopic (exact) mass is 339 g/mol. The lowest BCUT2D eigenvalue weighted by molar-refractivity contribution is 0.600. The van der Waals surface area contributed by atoms with Gasteiger partial charge in [-0.3, -0.25) is 0 Å². The van der Waals surface area contributed by atoms with Crippen LogP contribution in [-0.2, 0) is 9.84 Å². The van der Waals surface area contributed by atoms with Crippen molar-refractivity contribution in [3.63, 3.8) is 0 Å². The van der Waals surface area contributed by atoms with Crippen LogP contribution in [0.2, 0.25) is 0 Å². The minimum Gasteiger partial charge on any atom is -0.353 e. The molecule has 24 heavy (non-hydrogen) atoms. The van der Waals surface area contributed by atoms with Crippen LogP contribution in [0, 0.1) is 18.3 Å². The Bertz CT molecular complexity index is 907. The molecule has 3 rings (SSSR count). The number of benzene rings is 2. The molecule has 1 saturated heterocycles. The van der Waals surface area contributed by atoms with Gasteiger partial charge in [-0.25, -0.2) is 8.42 Å². The average molecular weight is 339 g/mol. The van der Waals surface area contributed by atoms with Crippen molar-refractivity contribution in [1.82, 2.24) is 4.90 Å². The first-order valence-corrected chi connectivity index (χ1v) is 9.04. The van der Waals surface area contributed by atoms with Crippen LogP contribution in [0.1, 0.15) is 5.56 Å². The zero-order valence-electron chi connectivity index (χ0n) is 13.2. The second kappa shape index (κ2) is 6.38. The number of nitriles is 1. The number of para-hydroxylation sites is 1. The molecule has 1 aliphatic heterocycles. The second-order valence-corrected chi connectivity index (χ2v) is 7.47. The molecule has 5 nitrogen and oxygen atoms in total. The van der Waals surface area contributed by atoms with E-state index in [0.29, 0.717) is 5.82 Å². The fourth-order valence-electron chi connectivity index (χ4n) is 2.29. The third-order valence-electron chi connectivity index (χ3n) is 3.72. The molecule has 1 N–H and O–H groups in total. The molecule has 2 aromatic carbocycles. The van der Waals surface area contributed by atoms with Crippen molar-refractivity contribution < 1.29 is 8.42 Å². The Morgan fingerprint density at radius 2 is 1.71 bits per heavy atom. The van der Waals surface area contributed by atoms with Gasteiger partial charge in [0.2, 0.25) is 9.84 Å². The maximum atomic E-state index is 12.9. The third-order valence-corrected chi connectivity index (χ3v) is 5.43. The van der Waals surface area contributed by atoms with Crippen LogP contribution < -0.4 is 5.32 Å². The van der Waals surface area contributed by atoms with E-state index in [2.05, 4.69) is 5.32 Å². The van der Waals surface area contributed by atoms with E-state index in [0.717, 1.165) is 24.3 Å². The molecular formula is C18H17N3O2S. The Kier molecular flexibility index (Phi) is 4.28. The number of nitrogens with one attached hydrogen (secondary N) is 1. The number of allylic oxidation sites excluding steroid dienone is 1. The number of aryl methyl sites for hydroxylation is 1. The summed E-state index contributed by atoms with van der Waals surface area (Å²) in [5.74, 6) is 0.337. The Morgan fingerprint density at radius 1 is 1.08 bits per heavy atom. The molecule has 1 heterocycles. The Hall–Kier alpha value is -2.78.